The molecule has 32 heavy (non-hydrogen) atoms. The Balaban J connectivity index is 1.36. The van der Waals surface area contributed by atoms with E-state index in [4.69, 9.17) is 16.6 Å². The number of imidazole rings is 1. The van der Waals surface area contributed by atoms with Gasteiger partial charge in [0.15, 0.2) is 0 Å². The number of anilines is 1. The summed E-state index contributed by atoms with van der Waals surface area (Å²) in [5.74, 6) is 0.0441. The van der Waals surface area contributed by atoms with Crippen LogP contribution in [-0.4, -0.2) is 57.5 Å². The number of fused-ring (bicyclic) bond motifs is 2. The van der Waals surface area contributed by atoms with Gasteiger partial charge in [-0.25, -0.2) is 0 Å². The van der Waals surface area contributed by atoms with Crippen molar-refractivity contribution >= 4 is 43.5 Å². The molecule has 3 atom stereocenters. The summed E-state index contributed by atoms with van der Waals surface area (Å²) in [4.78, 5) is 23.1. The first kappa shape index (κ1) is 19.9. The van der Waals surface area contributed by atoms with E-state index in [1.807, 2.05) is 36.4 Å². The molecule has 6 rings (SSSR count). The molecule has 0 aliphatic carbocycles. The first-order valence-corrected chi connectivity index (χ1v) is 15.6. The second-order valence-electron chi connectivity index (χ2n) is 7.96. The van der Waals surface area contributed by atoms with Gasteiger partial charge in [0.25, 0.3) is 0 Å². The van der Waals surface area contributed by atoms with E-state index >= 15 is 0 Å². The second kappa shape index (κ2) is 7.69. The molecule has 2 fully saturated rings. The van der Waals surface area contributed by atoms with Crippen molar-refractivity contribution in [2.24, 2.45) is 0 Å². The van der Waals surface area contributed by atoms with Gasteiger partial charge in [0.2, 0.25) is 0 Å². The fourth-order valence-corrected chi connectivity index (χ4v) is 14.1. The van der Waals surface area contributed by atoms with Crippen LogP contribution in [0, 0.1) is 0 Å². The minimum absolute atomic E-state index is 0.0441. The Morgan fingerprint density at radius 2 is 1.72 bits per heavy atom. The Morgan fingerprint density at radius 1 is 1.03 bits per heavy atom. The molecule has 0 spiro atoms. The normalized spacial score (nSPS) is 24.4. The van der Waals surface area contributed by atoms with Crippen LogP contribution in [0.15, 0.2) is 71.8 Å². The Hall–Kier alpha value is -2.73. The number of hydrogen-bond donors (Lipinski definition) is 2. The molecule has 4 heterocycles. The number of aromatic amines is 1. The van der Waals surface area contributed by atoms with Crippen LogP contribution in [-0.2, 0) is 10.9 Å². The van der Waals surface area contributed by atoms with Crippen molar-refractivity contribution < 1.29 is 10.9 Å². The van der Waals surface area contributed by atoms with Crippen molar-refractivity contribution in [3.63, 3.8) is 0 Å². The molecular formula is C22H21N5O4Sn. The predicted molar refractivity (Wildman–Crippen MR) is 120 cm³/mol. The first-order valence-electron chi connectivity index (χ1n) is 10.4. The molecule has 2 saturated heterocycles. The summed E-state index contributed by atoms with van der Waals surface area (Å²) in [5.41, 5.74) is 6.01. The molecule has 0 saturated carbocycles. The first-order chi connectivity index (χ1) is 15.6. The van der Waals surface area contributed by atoms with Crippen molar-refractivity contribution in [3.05, 3.63) is 77.3 Å². The van der Waals surface area contributed by atoms with Gasteiger partial charge in [-0.15, -0.1) is 0 Å². The van der Waals surface area contributed by atoms with Crippen LogP contribution >= 0.6 is 0 Å². The summed E-state index contributed by atoms with van der Waals surface area (Å²) in [6.07, 6.45) is 1.45. The van der Waals surface area contributed by atoms with Crippen LogP contribution < -0.4 is 18.5 Å². The van der Waals surface area contributed by atoms with Gasteiger partial charge in [0.1, 0.15) is 0 Å². The van der Waals surface area contributed by atoms with Crippen LogP contribution in [0.3, 0.4) is 0 Å². The Labute approximate surface area is 188 Å². The topological polar surface area (TPSA) is 117 Å². The number of nitrogen functional groups attached to an aromatic ring is 1. The van der Waals surface area contributed by atoms with Gasteiger partial charge in [-0.3, -0.25) is 0 Å². The molecule has 0 radical (unpaired) electrons. The van der Waals surface area contributed by atoms with E-state index in [0.29, 0.717) is 18.7 Å². The molecule has 2 aliphatic heterocycles. The zero-order valence-corrected chi connectivity index (χ0v) is 19.9. The van der Waals surface area contributed by atoms with E-state index in [1.165, 1.54) is 0 Å². The van der Waals surface area contributed by atoms with Gasteiger partial charge >= 0.3 is 188 Å². The Bertz CT molecular complexity index is 1290. The summed E-state index contributed by atoms with van der Waals surface area (Å²) < 4.78 is 23.8. The average molecular weight is 538 g/mol. The summed E-state index contributed by atoms with van der Waals surface area (Å²) >= 11 is -3.86. The third-order valence-corrected chi connectivity index (χ3v) is 15.7. The van der Waals surface area contributed by atoms with Crippen molar-refractivity contribution in [1.29, 1.82) is 0 Å². The number of nitrogens with zero attached hydrogens (tertiary/aromatic N) is 3. The summed E-state index contributed by atoms with van der Waals surface area (Å²) in [5, 5.41) is 0. The van der Waals surface area contributed by atoms with Crippen molar-refractivity contribution in [1.82, 2.24) is 19.5 Å². The molecular weight excluding hydrogens is 517 g/mol. The molecule has 2 aromatic heterocycles. The van der Waals surface area contributed by atoms with Crippen LogP contribution in [0.5, 0.6) is 0 Å². The Kier molecular flexibility index (Phi) is 4.79. The maximum absolute atomic E-state index is 12.1. The van der Waals surface area contributed by atoms with E-state index in [-0.39, 0.29) is 35.5 Å². The molecule has 0 unspecified atom stereocenters. The number of nitrogens with one attached hydrogen (secondary N) is 1. The van der Waals surface area contributed by atoms with E-state index in [0.717, 1.165) is 7.16 Å². The van der Waals surface area contributed by atoms with Gasteiger partial charge in [0.05, 0.1) is 0 Å². The molecule has 4 aromatic rings. The standard InChI is InChI=1S/C10H11N5O4.2C6H5.Sn/c11-10-13-8-7(9(18)14-10)12-3-15(8)6-1-4(17)5(2-16)19-6;2*1-2-4-6-5-3-1;/h3-6H,1-2H2,(H3,11,13,14,18);2*1-5H;/q-2;;;+2/t4-,5-,6+;;;/m1.../s1. The molecule has 0 amide bonds. The number of ether oxygens (including phenoxy) is 1. The number of rotatable bonds is 3. The van der Waals surface area contributed by atoms with Crippen LogP contribution in [0.2, 0.25) is 0 Å². The van der Waals surface area contributed by atoms with Crippen LogP contribution in [0.25, 0.3) is 11.2 Å². The fourth-order valence-electron chi connectivity index (χ4n) is 4.53. The number of hydrogen-bond acceptors (Lipinski definition) is 7. The van der Waals surface area contributed by atoms with Gasteiger partial charge in [0, 0.05) is 0 Å². The SMILES string of the molecule is Nc1nc2c(ncn2[C@@H]2C[C@H]3[O][Sn]([c]4ccccc4)([c]4ccccc4)[O]C[C@H]3O2)c(=O)[nH]1. The van der Waals surface area contributed by atoms with Gasteiger partial charge in [-0.1, -0.05) is 0 Å². The average Bonchev–Trinajstić information content (AvgIpc) is 3.43. The second-order valence-corrected chi connectivity index (χ2v) is 16.3. The van der Waals surface area contributed by atoms with Crippen molar-refractivity contribution in [2.75, 3.05) is 12.3 Å². The quantitative estimate of drug-likeness (QED) is 0.369. The van der Waals surface area contributed by atoms with E-state index < -0.39 is 19.2 Å². The molecule has 162 valence electrons. The Morgan fingerprint density at radius 3 is 2.41 bits per heavy atom. The van der Waals surface area contributed by atoms with E-state index in [1.54, 1.807) is 10.9 Å². The third-order valence-electron chi connectivity index (χ3n) is 6.02. The predicted octanol–water partition coefficient (Wildman–Crippen LogP) is 0.661. The number of nitrogens with two attached hydrogens (primary N) is 1. The summed E-state index contributed by atoms with van der Waals surface area (Å²) in [6, 6.07) is 20.5. The zero-order chi connectivity index (χ0) is 21.7. The van der Waals surface area contributed by atoms with Crippen LogP contribution in [0.1, 0.15) is 12.6 Å². The molecule has 2 aromatic carbocycles. The zero-order valence-electron chi connectivity index (χ0n) is 17.0. The third kappa shape index (κ3) is 3.15. The molecule has 10 heteroatoms. The maximum atomic E-state index is 12.1. The molecule has 0 bridgehead atoms. The summed E-state index contributed by atoms with van der Waals surface area (Å²) in [7, 11) is 0. The molecule has 2 aliphatic rings. The van der Waals surface area contributed by atoms with E-state index in [9.17, 15) is 4.79 Å². The van der Waals surface area contributed by atoms with Gasteiger partial charge in [-0.05, 0) is 0 Å². The van der Waals surface area contributed by atoms with Crippen molar-refractivity contribution in [2.45, 2.75) is 24.9 Å². The number of H-pyrrole nitrogens is 1. The minimum atomic E-state index is -3.86. The fraction of sp³-hybridized carbons (Fsp3) is 0.227. The molecule has 9 nitrogen and oxygen atoms in total. The summed E-state index contributed by atoms with van der Waals surface area (Å²) in [6.45, 7) is 0.448. The monoisotopic (exact) mass is 539 g/mol. The van der Waals surface area contributed by atoms with Gasteiger partial charge in [-0.2, -0.15) is 0 Å². The van der Waals surface area contributed by atoms with Crippen LogP contribution in [0.4, 0.5) is 5.95 Å². The van der Waals surface area contributed by atoms with Gasteiger partial charge < -0.3 is 0 Å². The number of benzene rings is 2. The van der Waals surface area contributed by atoms with E-state index in [2.05, 4.69) is 39.2 Å². The number of aromatic nitrogens is 4. The molecule has 3 N–H and O–H groups in total. The van der Waals surface area contributed by atoms with Crippen molar-refractivity contribution in [3.8, 4) is 0 Å².